The van der Waals surface area contributed by atoms with E-state index in [4.69, 9.17) is 0 Å². The first-order valence-corrected chi connectivity index (χ1v) is 3.60. The van der Waals surface area contributed by atoms with Crippen LogP contribution in [0, 0.1) is 0 Å². The molecule has 0 aliphatic rings. The van der Waals surface area contributed by atoms with E-state index in [1.54, 1.807) is 0 Å². The maximum Gasteiger partial charge on any atom is 0.0224 e. The van der Waals surface area contributed by atoms with Gasteiger partial charge in [0.2, 0.25) is 0 Å². The highest BCUT2D eigenvalue weighted by molar-refractivity contribution is 9.10. The molecule has 0 N–H and O–H groups in total. The molecule has 2 heteroatoms. The van der Waals surface area contributed by atoms with Crippen molar-refractivity contribution in [3.05, 3.63) is 0 Å². The molecule has 0 nitrogen and oxygen atoms in total. The van der Waals surface area contributed by atoms with Crippen LogP contribution >= 0.6 is 25.8 Å². The van der Waals surface area contributed by atoms with Gasteiger partial charge in [0, 0.05) is 4.32 Å². The lowest BCUT2D eigenvalue weighted by Gasteiger charge is -2.16. The molecule has 0 aromatic heterocycles. The van der Waals surface area contributed by atoms with E-state index in [1.807, 2.05) is 0 Å². The highest BCUT2D eigenvalue weighted by atomic mass is 79.9. The van der Waals surface area contributed by atoms with Crippen LogP contribution in [0.5, 0.6) is 0 Å². The molecular formula is C6H16BrP. The molecule has 0 aromatic carbocycles. The second kappa shape index (κ2) is 4.76. The van der Waals surface area contributed by atoms with Gasteiger partial charge in [0.15, 0.2) is 0 Å². The summed E-state index contributed by atoms with van der Waals surface area (Å²) in [5.74, 6) is 0. The summed E-state index contributed by atoms with van der Waals surface area (Å²) < 4.78 is 0.396. The number of hydrogen-bond acceptors (Lipinski definition) is 0. The first-order chi connectivity index (χ1) is 3.12. The predicted octanol–water partition coefficient (Wildman–Crippen LogP) is 3.02. The summed E-state index contributed by atoms with van der Waals surface area (Å²) in [4.78, 5) is 0. The van der Waals surface area contributed by atoms with Crippen LogP contribution in [0.4, 0.5) is 0 Å². The third kappa shape index (κ3) is 5.05. The summed E-state index contributed by atoms with van der Waals surface area (Å²) in [6.45, 7) is 6.60. The molecule has 0 radical (unpaired) electrons. The Morgan fingerprint density at radius 1 is 1.25 bits per heavy atom. The van der Waals surface area contributed by atoms with Gasteiger partial charge < -0.3 is 0 Å². The van der Waals surface area contributed by atoms with Crippen LogP contribution < -0.4 is 0 Å². The minimum Gasteiger partial charge on any atom is -0.153 e. The molecule has 0 saturated heterocycles. The lowest BCUT2D eigenvalue weighted by molar-refractivity contribution is 0.614. The van der Waals surface area contributed by atoms with Crippen LogP contribution in [0.25, 0.3) is 0 Å². The Hall–Kier alpha value is 0.910. The van der Waals surface area contributed by atoms with Gasteiger partial charge in [-0.1, -0.05) is 29.8 Å². The Morgan fingerprint density at radius 3 is 1.50 bits per heavy atom. The second-order valence-corrected chi connectivity index (χ2v) is 4.03. The minimum absolute atomic E-state index is 0. The molecule has 0 saturated carbocycles. The van der Waals surface area contributed by atoms with Crippen LogP contribution in [0.2, 0.25) is 0 Å². The van der Waals surface area contributed by atoms with Crippen LogP contribution in [-0.4, -0.2) is 4.32 Å². The maximum absolute atomic E-state index is 3.58. The van der Waals surface area contributed by atoms with E-state index in [9.17, 15) is 0 Å². The molecule has 0 rings (SSSR count). The summed E-state index contributed by atoms with van der Waals surface area (Å²) in [6, 6.07) is 0. The van der Waals surface area contributed by atoms with Crippen LogP contribution in [0.1, 0.15) is 33.6 Å². The van der Waals surface area contributed by atoms with Crippen LogP contribution in [0.15, 0.2) is 0 Å². The smallest absolute Gasteiger partial charge is 0.0224 e. The predicted molar refractivity (Wildman–Crippen MR) is 49.0 cm³/mol. The first kappa shape index (κ1) is 11.7. The van der Waals surface area contributed by atoms with Crippen molar-refractivity contribution in [2.45, 2.75) is 37.9 Å². The average Bonchev–Trinajstić information content (AvgIpc) is 1.68. The average molecular weight is 199 g/mol. The monoisotopic (exact) mass is 198 g/mol. The lowest BCUT2D eigenvalue weighted by Crippen LogP contribution is -2.10. The van der Waals surface area contributed by atoms with Crippen LogP contribution in [0.3, 0.4) is 0 Å². The van der Waals surface area contributed by atoms with Gasteiger partial charge >= 0.3 is 0 Å². The van der Waals surface area contributed by atoms with Crippen molar-refractivity contribution in [2.75, 3.05) is 0 Å². The zero-order valence-corrected chi connectivity index (χ0v) is 9.00. The fourth-order valence-electron chi connectivity index (χ4n) is 0.250. The highest BCUT2D eigenvalue weighted by Crippen LogP contribution is 2.24. The Morgan fingerprint density at radius 2 is 1.50 bits per heavy atom. The van der Waals surface area contributed by atoms with Crippen molar-refractivity contribution in [3.63, 3.8) is 0 Å². The SMILES string of the molecule is CCC(C)(Br)CC.P. The van der Waals surface area contributed by atoms with E-state index in [1.165, 1.54) is 12.8 Å². The quantitative estimate of drug-likeness (QED) is 0.473. The van der Waals surface area contributed by atoms with Crippen molar-refractivity contribution in [1.29, 1.82) is 0 Å². The zero-order valence-electron chi connectivity index (χ0n) is 6.00. The molecule has 0 spiro atoms. The Bertz CT molecular complexity index is 46.5. The lowest BCUT2D eigenvalue weighted by atomic mass is 10.1. The van der Waals surface area contributed by atoms with Gasteiger partial charge in [-0.05, 0) is 19.8 Å². The summed E-state index contributed by atoms with van der Waals surface area (Å²) in [7, 11) is 0. The molecule has 1 unspecified atom stereocenters. The molecule has 0 amide bonds. The zero-order chi connectivity index (χ0) is 5.91. The number of hydrogen-bond donors (Lipinski definition) is 0. The van der Waals surface area contributed by atoms with E-state index in [0.717, 1.165) is 0 Å². The largest absolute Gasteiger partial charge is 0.153 e. The van der Waals surface area contributed by atoms with Gasteiger partial charge in [-0.15, -0.1) is 0 Å². The number of rotatable bonds is 2. The Labute approximate surface area is 64.2 Å². The summed E-state index contributed by atoms with van der Waals surface area (Å²) >= 11 is 3.58. The van der Waals surface area contributed by atoms with Gasteiger partial charge in [0.05, 0.1) is 0 Å². The second-order valence-electron chi connectivity index (χ2n) is 2.12. The topological polar surface area (TPSA) is 0 Å². The van der Waals surface area contributed by atoms with Crippen molar-refractivity contribution in [2.24, 2.45) is 0 Å². The van der Waals surface area contributed by atoms with Gasteiger partial charge in [0.1, 0.15) is 0 Å². The van der Waals surface area contributed by atoms with Crippen molar-refractivity contribution in [3.8, 4) is 0 Å². The van der Waals surface area contributed by atoms with E-state index in [2.05, 4.69) is 36.7 Å². The van der Waals surface area contributed by atoms with Gasteiger partial charge in [-0.3, -0.25) is 0 Å². The molecule has 0 aromatic rings. The van der Waals surface area contributed by atoms with E-state index >= 15 is 0 Å². The molecule has 0 fully saturated rings. The third-order valence-electron chi connectivity index (χ3n) is 1.47. The van der Waals surface area contributed by atoms with Gasteiger partial charge in [-0.25, -0.2) is 0 Å². The van der Waals surface area contributed by atoms with Crippen molar-refractivity contribution >= 4 is 25.8 Å². The van der Waals surface area contributed by atoms with E-state index < -0.39 is 0 Å². The molecule has 1 atom stereocenters. The van der Waals surface area contributed by atoms with Crippen molar-refractivity contribution in [1.82, 2.24) is 0 Å². The van der Waals surface area contributed by atoms with Crippen LogP contribution in [-0.2, 0) is 0 Å². The van der Waals surface area contributed by atoms with Gasteiger partial charge in [-0.2, -0.15) is 9.90 Å². The summed E-state index contributed by atoms with van der Waals surface area (Å²) in [5, 5.41) is 0. The molecule has 52 valence electrons. The standard InChI is InChI=1S/C6H13Br.H3P/c1-4-6(3,7)5-2;/h4-5H2,1-3H3;1H3. The van der Waals surface area contributed by atoms with E-state index in [0.29, 0.717) is 4.32 Å². The molecule has 0 heterocycles. The Kier molecular flexibility index (Phi) is 6.94. The third-order valence-corrected chi connectivity index (χ3v) is 2.60. The first-order valence-electron chi connectivity index (χ1n) is 2.81. The normalized spacial score (nSPS) is 10.5. The Balaban J connectivity index is 0. The molecular weight excluding hydrogens is 183 g/mol. The molecule has 8 heavy (non-hydrogen) atoms. The highest BCUT2D eigenvalue weighted by Gasteiger charge is 2.12. The summed E-state index contributed by atoms with van der Waals surface area (Å²) in [5.41, 5.74) is 0. The maximum atomic E-state index is 3.58. The number of alkyl halides is 1. The number of halogens is 1. The minimum atomic E-state index is 0. The van der Waals surface area contributed by atoms with E-state index in [-0.39, 0.29) is 9.90 Å². The summed E-state index contributed by atoms with van der Waals surface area (Å²) in [6.07, 6.45) is 2.42. The van der Waals surface area contributed by atoms with Gasteiger partial charge in [0.25, 0.3) is 0 Å². The fraction of sp³-hybridized carbons (Fsp3) is 1.00. The van der Waals surface area contributed by atoms with Crippen molar-refractivity contribution < 1.29 is 0 Å². The molecule has 0 bridgehead atoms. The fourth-order valence-corrected chi connectivity index (χ4v) is 0.250. The molecule has 0 aliphatic carbocycles. The molecule has 0 aliphatic heterocycles.